The molecule has 1 unspecified atom stereocenters. The summed E-state index contributed by atoms with van der Waals surface area (Å²) in [4.78, 5) is 13.7. The molecule has 0 heterocycles. The number of carbonyl (C=O) groups excluding carboxylic acids is 1. The number of hydrogen-bond donors (Lipinski definition) is 2. The zero-order chi connectivity index (χ0) is 11.7. The summed E-state index contributed by atoms with van der Waals surface area (Å²) in [6.45, 7) is 6.05. The molecular formula is C11H24N2O2. The lowest BCUT2D eigenvalue weighted by atomic mass is 10.0. The molecule has 0 rings (SSSR count). The van der Waals surface area contributed by atoms with Crippen LogP contribution in [-0.2, 0) is 4.79 Å². The summed E-state index contributed by atoms with van der Waals surface area (Å²) in [5, 5.41) is 8.72. The molecule has 0 saturated heterocycles. The summed E-state index contributed by atoms with van der Waals surface area (Å²) >= 11 is 0. The molecule has 0 spiro atoms. The van der Waals surface area contributed by atoms with Crippen molar-refractivity contribution in [3.63, 3.8) is 0 Å². The molecule has 3 N–H and O–H groups in total. The molecular weight excluding hydrogens is 192 g/mol. The molecule has 0 aromatic heterocycles. The summed E-state index contributed by atoms with van der Waals surface area (Å²) < 4.78 is 0. The third kappa shape index (κ3) is 5.74. The van der Waals surface area contributed by atoms with Gasteiger partial charge >= 0.3 is 0 Å². The fourth-order valence-electron chi connectivity index (χ4n) is 1.54. The molecule has 0 fully saturated rings. The van der Waals surface area contributed by atoms with Crippen LogP contribution < -0.4 is 5.73 Å². The van der Waals surface area contributed by atoms with Crippen LogP contribution in [0.4, 0.5) is 0 Å². The van der Waals surface area contributed by atoms with Crippen molar-refractivity contribution in [3.05, 3.63) is 0 Å². The van der Waals surface area contributed by atoms with E-state index in [0.717, 1.165) is 12.8 Å². The Bertz CT molecular complexity index is 174. The molecule has 1 atom stereocenters. The zero-order valence-electron chi connectivity index (χ0n) is 9.91. The van der Waals surface area contributed by atoms with Crippen LogP contribution in [-0.4, -0.2) is 42.2 Å². The summed E-state index contributed by atoms with van der Waals surface area (Å²) in [5.74, 6) is 0.228. The summed E-state index contributed by atoms with van der Waals surface area (Å²) in [6, 6.07) is 0. The molecule has 15 heavy (non-hydrogen) atoms. The van der Waals surface area contributed by atoms with Gasteiger partial charge in [0.05, 0.1) is 0 Å². The average Bonchev–Trinajstić information content (AvgIpc) is 2.26. The minimum absolute atomic E-state index is 0.0483. The fourth-order valence-corrected chi connectivity index (χ4v) is 1.54. The Morgan fingerprint density at radius 3 is 2.60 bits per heavy atom. The highest BCUT2D eigenvalue weighted by molar-refractivity contribution is 5.78. The summed E-state index contributed by atoms with van der Waals surface area (Å²) in [7, 11) is 0. The summed E-state index contributed by atoms with van der Waals surface area (Å²) in [5.41, 5.74) is 5.41. The first-order chi connectivity index (χ1) is 7.17. The van der Waals surface area contributed by atoms with Crippen LogP contribution in [0.1, 0.15) is 33.1 Å². The van der Waals surface area contributed by atoms with E-state index in [4.69, 9.17) is 10.8 Å². The van der Waals surface area contributed by atoms with Crippen molar-refractivity contribution in [2.45, 2.75) is 33.1 Å². The molecule has 0 bridgehead atoms. The third-order valence-electron chi connectivity index (χ3n) is 2.54. The van der Waals surface area contributed by atoms with E-state index in [1.54, 1.807) is 4.90 Å². The standard InChI is InChI=1S/C11H24N2O2/c1-3-13(8-5-9-14)11(15)10(2)6-4-7-12/h10,14H,3-9,12H2,1-2H3. The van der Waals surface area contributed by atoms with E-state index in [0.29, 0.717) is 26.1 Å². The third-order valence-corrected chi connectivity index (χ3v) is 2.54. The van der Waals surface area contributed by atoms with Crippen LogP contribution in [0.5, 0.6) is 0 Å². The Labute approximate surface area is 92.4 Å². The second-order valence-corrected chi connectivity index (χ2v) is 3.83. The second-order valence-electron chi connectivity index (χ2n) is 3.83. The van der Waals surface area contributed by atoms with E-state index in [1.165, 1.54) is 0 Å². The molecule has 4 heteroatoms. The predicted molar refractivity (Wildman–Crippen MR) is 61.4 cm³/mol. The minimum atomic E-state index is 0.0483. The van der Waals surface area contributed by atoms with E-state index in [-0.39, 0.29) is 18.4 Å². The van der Waals surface area contributed by atoms with Crippen LogP contribution in [0, 0.1) is 5.92 Å². The SMILES string of the molecule is CCN(CCCO)C(=O)C(C)CCCN. The maximum Gasteiger partial charge on any atom is 0.225 e. The number of nitrogens with two attached hydrogens (primary N) is 1. The molecule has 0 aliphatic rings. The van der Waals surface area contributed by atoms with Crippen molar-refractivity contribution in [1.29, 1.82) is 0 Å². The van der Waals surface area contributed by atoms with Gasteiger partial charge in [-0.2, -0.15) is 0 Å². The number of hydrogen-bond acceptors (Lipinski definition) is 3. The molecule has 0 aliphatic heterocycles. The first-order valence-corrected chi connectivity index (χ1v) is 5.77. The van der Waals surface area contributed by atoms with Gasteiger partial charge in [-0.15, -0.1) is 0 Å². The highest BCUT2D eigenvalue weighted by Gasteiger charge is 2.17. The number of nitrogens with zero attached hydrogens (tertiary/aromatic N) is 1. The lowest BCUT2D eigenvalue weighted by Gasteiger charge is -2.24. The van der Waals surface area contributed by atoms with Gasteiger partial charge in [-0.25, -0.2) is 0 Å². The van der Waals surface area contributed by atoms with Gasteiger partial charge in [0.25, 0.3) is 0 Å². The first kappa shape index (κ1) is 14.4. The van der Waals surface area contributed by atoms with Gasteiger partial charge in [0.1, 0.15) is 0 Å². The average molecular weight is 216 g/mol. The highest BCUT2D eigenvalue weighted by Crippen LogP contribution is 2.09. The molecule has 0 aromatic rings. The van der Waals surface area contributed by atoms with Crippen molar-refractivity contribution in [2.24, 2.45) is 11.7 Å². The lowest BCUT2D eigenvalue weighted by molar-refractivity contribution is -0.135. The van der Waals surface area contributed by atoms with Crippen molar-refractivity contribution in [2.75, 3.05) is 26.2 Å². The zero-order valence-corrected chi connectivity index (χ0v) is 9.91. The van der Waals surface area contributed by atoms with E-state index >= 15 is 0 Å². The van der Waals surface area contributed by atoms with E-state index in [1.807, 2.05) is 13.8 Å². The quantitative estimate of drug-likeness (QED) is 0.624. The van der Waals surface area contributed by atoms with Gasteiger partial charge in [-0.05, 0) is 32.7 Å². The predicted octanol–water partition coefficient (Wildman–Crippen LogP) is 0.592. The molecule has 0 radical (unpaired) electrons. The highest BCUT2D eigenvalue weighted by atomic mass is 16.3. The van der Waals surface area contributed by atoms with Crippen molar-refractivity contribution in [3.8, 4) is 0 Å². The Balaban J connectivity index is 4.00. The molecule has 4 nitrogen and oxygen atoms in total. The van der Waals surface area contributed by atoms with Gasteiger partial charge < -0.3 is 15.7 Å². The second kappa shape index (κ2) is 8.68. The number of rotatable bonds is 8. The maximum absolute atomic E-state index is 11.9. The first-order valence-electron chi connectivity index (χ1n) is 5.77. The Morgan fingerprint density at radius 2 is 2.13 bits per heavy atom. The van der Waals surface area contributed by atoms with Crippen LogP contribution in [0.2, 0.25) is 0 Å². The number of aliphatic hydroxyl groups excluding tert-OH is 1. The van der Waals surface area contributed by atoms with Gasteiger partial charge in [0.2, 0.25) is 5.91 Å². The van der Waals surface area contributed by atoms with Crippen LogP contribution in [0.25, 0.3) is 0 Å². The molecule has 1 amide bonds. The van der Waals surface area contributed by atoms with Crippen LogP contribution in [0.15, 0.2) is 0 Å². The van der Waals surface area contributed by atoms with Crippen LogP contribution >= 0.6 is 0 Å². The van der Waals surface area contributed by atoms with E-state index < -0.39 is 0 Å². The number of carbonyl (C=O) groups is 1. The summed E-state index contributed by atoms with van der Waals surface area (Å²) in [6.07, 6.45) is 2.40. The molecule has 0 aromatic carbocycles. The largest absolute Gasteiger partial charge is 0.396 e. The normalized spacial score (nSPS) is 12.5. The van der Waals surface area contributed by atoms with E-state index in [9.17, 15) is 4.79 Å². The minimum Gasteiger partial charge on any atom is -0.396 e. The number of amides is 1. The lowest BCUT2D eigenvalue weighted by Crippen LogP contribution is -2.36. The van der Waals surface area contributed by atoms with Crippen molar-refractivity contribution >= 4 is 5.91 Å². The Kier molecular flexibility index (Phi) is 8.33. The molecule has 0 saturated carbocycles. The van der Waals surface area contributed by atoms with Gasteiger partial charge in [-0.3, -0.25) is 4.79 Å². The van der Waals surface area contributed by atoms with Gasteiger partial charge in [-0.1, -0.05) is 6.92 Å². The van der Waals surface area contributed by atoms with Crippen molar-refractivity contribution in [1.82, 2.24) is 4.90 Å². The number of aliphatic hydroxyl groups is 1. The van der Waals surface area contributed by atoms with E-state index in [2.05, 4.69) is 0 Å². The topological polar surface area (TPSA) is 66.6 Å². The van der Waals surface area contributed by atoms with Crippen LogP contribution in [0.3, 0.4) is 0 Å². The Morgan fingerprint density at radius 1 is 1.47 bits per heavy atom. The van der Waals surface area contributed by atoms with Crippen molar-refractivity contribution < 1.29 is 9.90 Å². The molecule has 0 aliphatic carbocycles. The molecule has 90 valence electrons. The fraction of sp³-hybridized carbons (Fsp3) is 0.909. The smallest absolute Gasteiger partial charge is 0.225 e. The maximum atomic E-state index is 11.9. The Hall–Kier alpha value is -0.610. The van der Waals surface area contributed by atoms with Gasteiger partial charge in [0.15, 0.2) is 0 Å². The monoisotopic (exact) mass is 216 g/mol. The van der Waals surface area contributed by atoms with Gasteiger partial charge in [0, 0.05) is 25.6 Å².